The van der Waals surface area contributed by atoms with Crippen LogP contribution in [0.5, 0.6) is 0 Å². The number of nitrogens with zero attached hydrogens (tertiary/aromatic N) is 4. The second-order valence-corrected chi connectivity index (χ2v) is 11.3. The van der Waals surface area contributed by atoms with Gasteiger partial charge in [-0.05, 0) is 67.4 Å². The number of anilines is 4. The highest BCUT2D eigenvalue weighted by Crippen LogP contribution is 2.53. The molecule has 196 valence electrons. The van der Waals surface area contributed by atoms with E-state index in [2.05, 4.69) is 124 Å². The Hall–Kier alpha value is -5.48. The minimum atomic E-state index is 0.818. The van der Waals surface area contributed by atoms with Crippen LogP contribution in [-0.4, -0.2) is 23.1 Å². The number of rotatable bonds is 2. The minimum absolute atomic E-state index is 0.818. The molecule has 0 spiro atoms. The van der Waals surface area contributed by atoms with Crippen LogP contribution in [-0.2, 0) is 0 Å². The van der Waals surface area contributed by atoms with Gasteiger partial charge in [0.05, 0.1) is 11.9 Å². The summed E-state index contributed by atoms with van der Waals surface area (Å²) in [6.07, 6.45) is 3.65. The van der Waals surface area contributed by atoms with Crippen molar-refractivity contribution >= 4 is 44.4 Å². The van der Waals surface area contributed by atoms with Gasteiger partial charge in [-0.3, -0.25) is 0 Å². The van der Waals surface area contributed by atoms with Crippen LogP contribution < -0.4 is 9.80 Å². The van der Waals surface area contributed by atoms with Gasteiger partial charge in [-0.15, -0.1) is 0 Å². The number of hydrogen-bond acceptors (Lipinski definition) is 4. The molecule has 0 unspecified atom stereocenters. The molecule has 0 radical (unpaired) electrons. The molecule has 1 aliphatic heterocycles. The first-order valence-corrected chi connectivity index (χ1v) is 14.5. The Morgan fingerprint density at radius 2 is 0.905 bits per heavy atom. The second-order valence-electron chi connectivity index (χ2n) is 11.3. The molecule has 4 heteroatoms. The van der Waals surface area contributed by atoms with Gasteiger partial charge in [-0.1, -0.05) is 97.1 Å². The van der Waals surface area contributed by atoms with E-state index >= 15 is 0 Å². The summed E-state index contributed by atoms with van der Waals surface area (Å²) < 4.78 is 0. The predicted octanol–water partition coefficient (Wildman–Crippen LogP) is 9.37. The lowest BCUT2D eigenvalue weighted by atomic mass is 9.99. The van der Waals surface area contributed by atoms with E-state index in [0.717, 1.165) is 24.6 Å². The average molecular weight is 537 g/mol. The molecule has 7 aromatic rings. The van der Waals surface area contributed by atoms with Crippen LogP contribution in [0.2, 0.25) is 0 Å². The van der Waals surface area contributed by atoms with Crippen molar-refractivity contribution in [3.8, 4) is 44.5 Å². The molecule has 0 fully saturated rings. The summed E-state index contributed by atoms with van der Waals surface area (Å²) in [6, 6.07) is 40.1. The van der Waals surface area contributed by atoms with Crippen LogP contribution in [0, 0.1) is 0 Å². The summed E-state index contributed by atoms with van der Waals surface area (Å²) in [5.74, 6) is 0.944. The lowest BCUT2D eigenvalue weighted by Crippen LogP contribution is -2.37. The molecular weight excluding hydrogens is 512 g/mol. The van der Waals surface area contributed by atoms with Gasteiger partial charge in [0.15, 0.2) is 5.82 Å². The van der Waals surface area contributed by atoms with Crippen molar-refractivity contribution in [3.63, 3.8) is 0 Å². The second kappa shape index (κ2) is 8.05. The predicted molar refractivity (Wildman–Crippen MR) is 173 cm³/mol. The number of aromatic nitrogens is 2. The Balaban J connectivity index is 1.14. The molecule has 2 heterocycles. The van der Waals surface area contributed by atoms with E-state index < -0.39 is 0 Å². The van der Waals surface area contributed by atoms with Gasteiger partial charge in [0, 0.05) is 29.5 Å². The van der Waals surface area contributed by atoms with Gasteiger partial charge >= 0.3 is 0 Å². The molecule has 0 amide bonds. The van der Waals surface area contributed by atoms with Crippen molar-refractivity contribution in [2.45, 2.75) is 0 Å². The van der Waals surface area contributed by atoms with Crippen LogP contribution >= 0.6 is 0 Å². The van der Waals surface area contributed by atoms with E-state index in [-0.39, 0.29) is 0 Å². The van der Waals surface area contributed by atoms with Crippen LogP contribution in [0.4, 0.5) is 22.9 Å². The zero-order valence-electron chi connectivity index (χ0n) is 22.8. The summed E-state index contributed by atoms with van der Waals surface area (Å²) in [4.78, 5) is 14.2. The topological polar surface area (TPSA) is 32.3 Å². The Kier molecular flexibility index (Phi) is 4.26. The first-order chi connectivity index (χ1) is 20.9. The fourth-order valence-corrected chi connectivity index (χ4v) is 7.68. The maximum Gasteiger partial charge on any atom is 0.160 e. The van der Waals surface area contributed by atoms with Crippen molar-refractivity contribution < 1.29 is 0 Å². The summed E-state index contributed by atoms with van der Waals surface area (Å²) in [6.45, 7) is 1.65. The first kappa shape index (κ1) is 22.2. The fourth-order valence-electron chi connectivity index (χ4n) is 7.68. The number of fused-ring (bicyclic) bond motifs is 7. The molecular formula is C38H24N4. The molecule has 0 saturated carbocycles. The van der Waals surface area contributed by atoms with E-state index in [0.29, 0.717) is 0 Å². The summed E-state index contributed by atoms with van der Waals surface area (Å²) >= 11 is 0. The van der Waals surface area contributed by atoms with Gasteiger partial charge < -0.3 is 9.80 Å². The molecule has 0 N–H and O–H groups in total. The van der Waals surface area contributed by atoms with Gasteiger partial charge in [-0.2, -0.15) is 0 Å². The molecule has 1 aromatic heterocycles. The summed E-state index contributed by atoms with van der Waals surface area (Å²) in [5.41, 5.74) is 14.0. The third-order valence-electron chi connectivity index (χ3n) is 9.40. The van der Waals surface area contributed by atoms with Crippen LogP contribution in [0.1, 0.15) is 0 Å². The Morgan fingerprint density at radius 1 is 0.429 bits per heavy atom. The number of benzene rings is 6. The first-order valence-electron chi connectivity index (χ1n) is 14.5. The number of hydrogen-bond donors (Lipinski definition) is 0. The minimum Gasteiger partial charge on any atom is -0.335 e. The highest BCUT2D eigenvalue weighted by atomic mass is 15.3. The average Bonchev–Trinajstić information content (AvgIpc) is 3.56. The van der Waals surface area contributed by atoms with E-state index in [4.69, 9.17) is 4.98 Å². The Morgan fingerprint density at radius 3 is 1.48 bits per heavy atom. The molecule has 42 heavy (non-hydrogen) atoms. The summed E-state index contributed by atoms with van der Waals surface area (Å²) in [5, 5.41) is 5.21. The lowest BCUT2D eigenvalue weighted by molar-refractivity contribution is 0.829. The van der Waals surface area contributed by atoms with Gasteiger partial charge in [0.2, 0.25) is 0 Å². The fraction of sp³-hybridized carbons (Fsp3) is 0.0526. The monoisotopic (exact) mass is 536 g/mol. The molecule has 2 aliphatic carbocycles. The van der Waals surface area contributed by atoms with Crippen molar-refractivity contribution in [2.24, 2.45) is 0 Å². The zero-order valence-corrected chi connectivity index (χ0v) is 22.8. The quantitative estimate of drug-likeness (QED) is 0.220. The largest absolute Gasteiger partial charge is 0.335 e. The standard InChI is InChI=1S/C38H24N4/c1-3-9-25-23(7-1)27-11-5-13-31-33(17-15-29(25)36(27)31)41-19-20-42(38-35(41)21-39-22-40-38)34-18-16-30-26-10-4-2-8-24(26)28-12-6-14-32(34)37(28)30/h1-18,21-22H,19-20H2. The molecule has 3 aliphatic rings. The smallest absolute Gasteiger partial charge is 0.160 e. The summed E-state index contributed by atoms with van der Waals surface area (Å²) in [7, 11) is 0. The highest BCUT2D eigenvalue weighted by Gasteiger charge is 2.31. The van der Waals surface area contributed by atoms with Crippen molar-refractivity contribution in [2.75, 3.05) is 22.9 Å². The van der Waals surface area contributed by atoms with E-state index in [1.54, 1.807) is 6.33 Å². The molecule has 10 rings (SSSR count). The Bertz CT molecular complexity index is 2060. The van der Waals surface area contributed by atoms with Crippen molar-refractivity contribution in [3.05, 3.63) is 122 Å². The normalized spacial score (nSPS) is 13.9. The maximum absolute atomic E-state index is 4.89. The molecule has 6 aromatic carbocycles. The highest BCUT2D eigenvalue weighted by molar-refractivity contribution is 6.20. The molecule has 0 saturated heterocycles. The van der Waals surface area contributed by atoms with Gasteiger partial charge in [0.25, 0.3) is 0 Å². The third kappa shape index (κ3) is 2.76. The van der Waals surface area contributed by atoms with Crippen molar-refractivity contribution in [1.29, 1.82) is 0 Å². The van der Waals surface area contributed by atoms with Gasteiger partial charge in [-0.25, -0.2) is 9.97 Å². The molecule has 0 bridgehead atoms. The zero-order chi connectivity index (χ0) is 27.4. The maximum atomic E-state index is 4.89. The van der Waals surface area contributed by atoms with Crippen molar-refractivity contribution in [1.82, 2.24) is 9.97 Å². The lowest BCUT2D eigenvalue weighted by Gasteiger charge is -2.38. The van der Waals surface area contributed by atoms with Crippen LogP contribution in [0.15, 0.2) is 122 Å². The van der Waals surface area contributed by atoms with E-state index in [9.17, 15) is 0 Å². The van der Waals surface area contributed by atoms with Crippen LogP contribution in [0.25, 0.3) is 66.1 Å². The van der Waals surface area contributed by atoms with Gasteiger partial charge in [0.1, 0.15) is 12.0 Å². The van der Waals surface area contributed by atoms with E-state index in [1.807, 2.05) is 6.20 Å². The molecule has 0 atom stereocenters. The van der Waals surface area contributed by atoms with Crippen LogP contribution in [0.3, 0.4) is 0 Å². The Labute approximate surface area is 243 Å². The van der Waals surface area contributed by atoms with E-state index in [1.165, 1.54) is 77.4 Å². The molecule has 4 nitrogen and oxygen atoms in total. The third-order valence-corrected chi connectivity index (χ3v) is 9.40. The SMILES string of the molecule is c1ccc2c(c1)-c1cccc3c(N4CCN(c5ccc6c7c(cccc57)-c5ccccc5-6)c5ncncc54)ccc-2c13.